The van der Waals surface area contributed by atoms with E-state index in [1.165, 1.54) is 0 Å². The van der Waals surface area contributed by atoms with Crippen molar-refractivity contribution in [3.05, 3.63) is 0 Å². The minimum Gasteiger partial charge on any atom is -0.481 e. The number of ether oxygens (including phenoxy) is 3. The predicted octanol–water partition coefficient (Wildman–Crippen LogP) is 5.71. The fourth-order valence-corrected chi connectivity index (χ4v) is 12.2. The average molecular weight is 798 g/mol. The zero-order chi connectivity index (χ0) is 41.6. The summed E-state index contributed by atoms with van der Waals surface area (Å²) < 4.78 is 40.1. The van der Waals surface area contributed by atoms with Crippen molar-refractivity contribution in [2.45, 2.75) is 114 Å². The van der Waals surface area contributed by atoms with Gasteiger partial charge in [0, 0.05) is 12.5 Å². The molecule has 18 unspecified atom stereocenters. The first kappa shape index (κ1) is 45.0. The highest BCUT2D eigenvalue weighted by Crippen LogP contribution is 2.60. The highest BCUT2D eigenvalue weighted by molar-refractivity contribution is 7.89. The van der Waals surface area contributed by atoms with Crippen LogP contribution in [0.4, 0.5) is 0 Å². The Labute approximate surface area is 327 Å². The van der Waals surface area contributed by atoms with Gasteiger partial charge in [-0.25, -0.2) is 8.42 Å². The maximum Gasteiger partial charge on any atom is 0.312 e. The molecule has 3 N–H and O–H groups in total. The number of hydrogen-bond donors (Lipinski definition) is 3. The summed E-state index contributed by atoms with van der Waals surface area (Å²) in [5, 5.41) is 18.9. The minimum atomic E-state index is -3.41. The van der Waals surface area contributed by atoms with Crippen LogP contribution in [0.5, 0.6) is 0 Å². The van der Waals surface area contributed by atoms with Gasteiger partial charge in [-0.1, -0.05) is 41.5 Å². The molecule has 1 amide bonds. The molecule has 0 spiro atoms. The van der Waals surface area contributed by atoms with Gasteiger partial charge in [-0.15, -0.1) is 0 Å². The van der Waals surface area contributed by atoms with Gasteiger partial charge >= 0.3 is 23.9 Å². The zero-order valence-electron chi connectivity index (χ0n) is 34.8. The Morgan fingerprint density at radius 2 is 1.09 bits per heavy atom. The molecule has 13 nitrogen and oxygen atoms in total. The molecule has 6 fully saturated rings. The summed E-state index contributed by atoms with van der Waals surface area (Å²) in [7, 11) is -3.41. The van der Waals surface area contributed by atoms with Crippen LogP contribution < -0.4 is 4.72 Å². The van der Waals surface area contributed by atoms with Crippen molar-refractivity contribution in [2.24, 2.45) is 101 Å². The number of esters is 2. The van der Waals surface area contributed by atoms with Gasteiger partial charge in [-0.05, 0) is 131 Å². The molecule has 55 heavy (non-hydrogen) atoms. The van der Waals surface area contributed by atoms with Crippen LogP contribution in [0.15, 0.2) is 0 Å². The number of aliphatic carboxylic acids is 2. The topological polar surface area (TPSA) is 200 Å². The summed E-state index contributed by atoms with van der Waals surface area (Å²) >= 11 is 0. The first-order chi connectivity index (χ1) is 25.3. The first-order valence-electron chi connectivity index (χ1n) is 20.3. The number of carboxylic acid groups (broad SMARTS) is 2. The Morgan fingerprint density at radius 1 is 0.673 bits per heavy atom. The summed E-state index contributed by atoms with van der Waals surface area (Å²) in [4.78, 5) is 59.5. The first-order valence-corrected chi connectivity index (χ1v) is 22.2. The lowest BCUT2D eigenvalue weighted by molar-refractivity contribution is -0.186. The van der Waals surface area contributed by atoms with E-state index in [0.717, 1.165) is 31.9 Å². The fraction of sp³-hybridized carbons (Fsp3) is 0.878. The third kappa shape index (κ3) is 9.53. The monoisotopic (exact) mass is 797 g/mol. The molecule has 6 bridgehead atoms. The van der Waals surface area contributed by atoms with E-state index in [9.17, 15) is 42.6 Å². The Balaban J connectivity index is 0.000000185. The summed E-state index contributed by atoms with van der Waals surface area (Å²) in [6, 6.07) is 0. The average Bonchev–Trinajstić information content (AvgIpc) is 3.89. The van der Waals surface area contributed by atoms with Gasteiger partial charge in [0.15, 0.2) is 6.29 Å². The maximum absolute atomic E-state index is 12.3. The highest BCUT2D eigenvalue weighted by Gasteiger charge is 2.62. The summed E-state index contributed by atoms with van der Waals surface area (Å²) in [6.07, 6.45) is 4.03. The molecule has 0 saturated heterocycles. The van der Waals surface area contributed by atoms with Crippen LogP contribution in [-0.2, 0) is 48.2 Å². The predicted molar refractivity (Wildman–Crippen MR) is 203 cm³/mol. The van der Waals surface area contributed by atoms with Gasteiger partial charge in [0.2, 0.25) is 15.9 Å². The Hall–Kier alpha value is -2.74. The lowest BCUT2D eigenvalue weighted by atomic mass is 9.69. The lowest BCUT2D eigenvalue weighted by Gasteiger charge is -2.36. The molecular weight excluding hydrogens is 731 g/mol. The number of rotatable bonds is 9. The lowest BCUT2D eigenvalue weighted by Crippen LogP contribution is -2.43. The van der Waals surface area contributed by atoms with Crippen LogP contribution in [0.25, 0.3) is 0 Å². The summed E-state index contributed by atoms with van der Waals surface area (Å²) in [6.45, 7) is 22.3. The third-order valence-corrected chi connectivity index (χ3v) is 15.4. The van der Waals surface area contributed by atoms with Crippen molar-refractivity contribution in [3.63, 3.8) is 0 Å². The number of nitrogens with one attached hydrogen (secondary N) is 1. The molecule has 0 radical (unpaired) electrons. The SMILES string of the molecule is CC1C(C)C2CC1C(C(=O)O)C2C(=O)OC(C)(C)C.CC1C2CC(C(=O)NS(C)(=O)=O)C(C2)C1C.CCOC(C)OC(=O)C1C2CC(C(C)C2C)C1C(=O)O. The standard InChI is InChI=1S/C15H24O5.C15H24O4.C11H19NO3S/c1-5-19-9(4)20-15(18)13-11-6-10(7(2)8(11)3)12(13)14(16)17;1-7-8(2)10-6-9(7)11(13(16)17)12(10)14(18)19-15(3,4)5;1-6-7(2)9-4-8(6)5-10(9)11(13)12-16(3,14)15/h7-13H,5-6H2,1-4H3,(H,16,17);7-12H,6H2,1-5H3,(H,16,17);6-10H,4-5H2,1-3H3,(H,12,13). The largest absolute Gasteiger partial charge is 0.481 e. The van der Waals surface area contributed by atoms with E-state index in [1.807, 2.05) is 27.7 Å². The quantitative estimate of drug-likeness (QED) is 0.190. The van der Waals surface area contributed by atoms with Crippen molar-refractivity contribution in [2.75, 3.05) is 12.9 Å². The second-order valence-electron chi connectivity index (χ2n) is 18.8. The van der Waals surface area contributed by atoms with Crippen molar-refractivity contribution >= 4 is 39.8 Å². The molecule has 6 rings (SSSR count). The number of carbonyl (C=O) groups excluding carboxylic acids is 3. The van der Waals surface area contributed by atoms with E-state index in [4.69, 9.17) is 14.2 Å². The molecule has 0 aromatic heterocycles. The Morgan fingerprint density at radius 3 is 1.45 bits per heavy atom. The molecule has 0 aromatic rings. The number of fused-ring (bicyclic) bond motifs is 6. The van der Waals surface area contributed by atoms with Gasteiger partial charge in [0.1, 0.15) is 5.60 Å². The van der Waals surface area contributed by atoms with E-state index < -0.39 is 63.5 Å². The number of carboxylic acids is 2. The molecule has 18 atom stereocenters. The van der Waals surface area contributed by atoms with Crippen molar-refractivity contribution in [1.82, 2.24) is 4.72 Å². The fourth-order valence-electron chi connectivity index (χ4n) is 11.7. The van der Waals surface area contributed by atoms with Gasteiger partial charge in [-0.2, -0.15) is 0 Å². The number of carbonyl (C=O) groups is 5. The summed E-state index contributed by atoms with van der Waals surface area (Å²) in [5.74, 6) is -0.805. The van der Waals surface area contributed by atoms with Crippen LogP contribution in [0.2, 0.25) is 0 Å². The van der Waals surface area contributed by atoms with E-state index in [-0.39, 0.29) is 41.5 Å². The van der Waals surface area contributed by atoms with Crippen molar-refractivity contribution in [1.29, 1.82) is 0 Å². The Kier molecular flexibility index (Phi) is 13.9. The zero-order valence-corrected chi connectivity index (χ0v) is 35.6. The third-order valence-electron chi connectivity index (χ3n) is 14.8. The highest BCUT2D eigenvalue weighted by atomic mass is 32.2. The molecule has 6 saturated carbocycles. The molecule has 314 valence electrons. The summed E-state index contributed by atoms with van der Waals surface area (Å²) in [5.41, 5.74) is -0.559. The van der Waals surface area contributed by atoms with E-state index in [0.29, 0.717) is 54.0 Å². The molecule has 14 heteroatoms. The number of sulfonamides is 1. The normalized spacial score (nSPS) is 41.3. The van der Waals surface area contributed by atoms with Crippen LogP contribution in [0.1, 0.15) is 102 Å². The molecule has 6 aliphatic rings. The van der Waals surface area contributed by atoms with Crippen LogP contribution >= 0.6 is 0 Å². The van der Waals surface area contributed by atoms with E-state index in [2.05, 4.69) is 46.3 Å². The van der Waals surface area contributed by atoms with Crippen LogP contribution in [-0.4, -0.2) is 73.2 Å². The second kappa shape index (κ2) is 17.0. The van der Waals surface area contributed by atoms with Crippen LogP contribution in [0.3, 0.4) is 0 Å². The van der Waals surface area contributed by atoms with Crippen molar-refractivity contribution < 1.29 is 56.8 Å². The van der Waals surface area contributed by atoms with Crippen LogP contribution in [0, 0.1) is 101 Å². The smallest absolute Gasteiger partial charge is 0.312 e. The maximum atomic E-state index is 12.3. The molecular formula is C41H67NO12S. The second-order valence-corrected chi connectivity index (χ2v) is 20.5. The number of hydrogen-bond acceptors (Lipinski definition) is 10. The molecule has 6 aliphatic carbocycles. The minimum absolute atomic E-state index is 0.0902. The molecule has 0 aliphatic heterocycles. The van der Waals surface area contributed by atoms with Gasteiger partial charge in [0.05, 0.1) is 29.9 Å². The van der Waals surface area contributed by atoms with Crippen molar-refractivity contribution in [3.8, 4) is 0 Å². The van der Waals surface area contributed by atoms with Gasteiger partial charge in [-0.3, -0.25) is 28.7 Å². The molecule has 0 aromatic carbocycles. The number of amides is 1. The Bertz CT molecular complexity index is 1560. The van der Waals surface area contributed by atoms with Gasteiger partial charge < -0.3 is 24.4 Å². The molecule has 0 heterocycles. The van der Waals surface area contributed by atoms with E-state index in [1.54, 1.807) is 6.92 Å². The van der Waals surface area contributed by atoms with Gasteiger partial charge in [0.25, 0.3) is 0 Å². The van der Waals surface area contributed by atoms with E-state index >= 15 is 0 Å².